The zero-order valence-corrected chi connectivity index (χ0v) is 8.97. The molecule has 1 heterocycles. The number of hydrogen-bond acceptors (Lipinski definition) is 3. The van der Waals surface area contributed by atoms with Crippen LogP contribution < -0.4 is 4.90 Å². The molecule has 0 saturated heterocycles. The fourth-order valence-electron chi connectivity index (χ4n) is 1.26. The predicted molar refractivity (Wildman–Crippen MR) is 55.3 cm³/mol. The Bertz CT molecular complexity index is 284. The van der Waals surface area contributed by atoms with Crippen molar-refractivity contribution in [2.24, 2.45) is 0 Å². The van der Waals surface area contributed by atoms with E-state index in [1.54, 1.807) is 6.20 Å². The fourth-order valence-corrected chi connectivity index (χ4v) is 1.38. The van der Waals surface area contributed by atoms with E-state index < -0.39 is 0 Å². The number of aromatic nitrogens is 2. The van der Waals surface area contributed by atoms with Gasteiger partial charge in [0, 0.05) is 24.8 Å². The Morgan fingerprint density at radius 2 is 2.00 bits per heavy atom. The van der Waals surface area contributed by atoms with Gasteiger partial charge in [0.05, 0.1) is 0 Å². The number of anilines is 1. The Kier molecular flexibility index (Phi) is 3.48. The van der Waals surface area contributed by atoms with Crippen LogP contribution in [0.3, 0.4) is 0 Å². The Morgan fingerprint density at radius 3 is 2.54 bits per heavy atom. The van der Waals surface area contributed by atoms with Crippen LogP contribution in [-0.4, -0.2) is 23.1 Å². The van der Waals surface area contributed by atoms with Crippen LogP contribution in [-0.2, 0) is 0 Å². The summed E-state index contributed by atoms with van der Waals surface area (Å²) in [5.41, 5.74) is 1.06. The summed E-state index contributed by atoms with van der Waals surface area (Å²) in [6, 6.07) is 0. The summed E-state index contributed by atoms with van der Waals surface area (Å²) in [4.78, 5) is 10.3. The lowest BCUT2D eigenvalue weighted by Gasteiger charge is -2.21. The zero-order valence-electron chi connectivity index (χ0n) is 8.21. The second-order valence-electron chi connectivity index (χ2n) is 2.82. The molecule has 0 unspecified atom stereocenters. The smallest absolute Gasteiger partial charge is 0.224 e. The number of halogens is 1. The SMILES string of the molecule is CCN(CC)c1nc(Cl)ncc1C. The van der Waals surface area contributed by atoms with Crippen LogP contribution in [0, 0.1) is 6.92 Å². The van der Waals surface area contributed by atoms with Crippen LogP contribution in [0.2, 0.25) is 5.28 Å². The van der Waals surface area contributed by atoms with Crippen molar-refractivity contribution < 1.29 is 0 Å². The molecule has 13 heavy (non-hydrogen) atoms. The van der Waals surface area contributed by atoms with Gasteiger partial charge in [0.1, 0.15) is 5.82 Å². The molecule has 0 aliphatic rings. The van der Waals surface area contributed by atoms with Crippen molar-refractivity contribution >= 4 is 17.4 Å². The van der Waals surface area contributed by atoms with Crippen molar-refractivity contribution in [1.29, 1.82) is 0 Å². The molecule has 0 saturated carbocycles. The third-order valence-corrected chi connectivity index (χ3v) is 2.16. The molecule has 0 atom stereocenters. The maximum Gasteiger partial charge on any atom is 0.224 e. The van der Waals surface area contributed by atoms with Gasteiger partial charge in [-0.3, -0.25) is 0 Å². The molecule has 72 valence electrons. The number of hydrogen-bond donors (Lipinski definition) is 0. The van der Waals surface area contributed by atoms with Gasteiger partial charge < -0.3 is 4.90 Å². The Labute approximate surface area is 83.8 Å². The highest BCUT2D eigenvalue weighted by molar-refractivity contribution is 6.28. The normalized spacial score (nSPS) is 10.2. The summed E-state index contributed by atoms with van der Waals surface area (Å²) in [5, 5.41) is 0.313. The second-order valence-corrected chi connectivity index (χ2v) is 3.16. The molecular formula is C9H14ClN3. The lowest BCUT2D eigenvalue weighted by Crippen LogP contribution is -2.24. The topological polar surface area (TPSA) is 29.0 Å². The van der Waals surface area contributed by atoms with E-state index >= 15 is 0 Å². The van der Waals surface area contributed by atoms with Crippen LogP contribution in [0.1, 0.15) is 19.4 Å². The molecule has 1 aromatic rings. The number of aryl methyl sites for hydroxylation is 1. The van der Waals surface area contributed by atoms with Crippen LogP contribution in [0.25, 0.3) is 0 Å². The van der Waals surface area contributed by atoms with Gasteiger partial charge in [0.15, 0.2) is 0 Å². The highest BCUT2D eigenvalue weighted by Crippen LogP contribution is 2.17. The lowest BCUT2D eigenvalue weighted by atomic mass is 10.3. The van der Waals surface area contributed by atoms with Crippen molar-refractivity contribution in [2.45, 2.75) is 20.8 Å². The van der Waals surface area contributed by atoms with E-state index in [1.165, 1.54) is 0 Å². The zero-order chi connectivity index (χ0) is 9.84. The van der Waals surface area contributed by atoms with Crippen molar-refractivity contribution in [2.75, 3.05) is 18.0 Å². The molecule has 3 nitrogen and oxygen atoms in total. The first-order valence-corrected chi connectivity index (χ1v) is 4.80. The molecule has 1 rings (SSSR count). The van der Waals surface area contributed by atoms with Crippen molar-refractivity contribution in [3.8, 4) is 0 Å². The molecule has 0 bridgehead atoms. The summed E-state index contributed by atoms with van der Waals surface area (Å²) in [7, 11) is 0. The molecule has 0 aromatic carbocycles. The molecule has 0 radical (unpaired) electrons. The maximum absolute atomic E-state index is 5.73. The summed E-state index contributed by atoms with van der Waals surface area (Å²) in [5.74, 6) is 0.935. The van der Waals surface area contributed by atoms with Crippen LogP contribution in [0.15, 0.2) is 6.20 Å². The minimum Gasteiger partial charge on any atom is -0.357 e. The van der Waals surface area contributed by atoms with Gasteiger partial charge in [-0.05, 0) is 32.4 Å². The van der Waals surface area contributed by atoms with Gasteiger partial charge in [0.2, 0.25) is 5.28 Å². The Balaban J connectivity index is 3.03. The molecule has 0 N–H and O–H groups in total. The van der Waals surface area contributed by atoms with Gasteiger partial charge in [-0.25, -0.2) is 9.97 Å². The van der Waals surface area contributed by atoms with E-state index in [9.17, 15) is 0 Å². The Hall–Kier alpha value is -0.830. The summed E-state index contributed by atoms with van der Waals surface area (Å²) >= 11 is 5.73. The van der Waals surface area contributed by atoms with Crippen molar-refractivity contribution in [1.82, 2.24) is 9.97 Å². The first-order valence-electron chi connectivity index (χ1n) is 4.43. The minimum absolute atomic E-state index is 0.313. The summed E-state index contributed by atoms with van der Waals surface area (Å²) in [6.45, 7) is 8.05. The first-order chi connectivity index (χ1) is 6.19. The minimum atomic E-state index is 0.313. The van der Waals surface area contributed by atoms with Crippen molar-refractivity contribution in [3.05, 3.63) is 17.0 Å². The van der Waals surface area contributed by atoms with Gasteiger partial charge in [0.25, 0.3) is 0 Å². The molecule has 0 aliphatic heterocycles. The van der Waals surface area contributed by atoms with E-state index in [4.69, 9.17) is 11.6 Å². The molecule has 0 aliphatic carbocycles. The van der Waals surface area contributed by atoms with Crippen LogP contribution in [0.4, 0.5) is 5.82 Å². The molecule has 0 amide bonds. The maximum atomic E-state index is 5.73. The van der Waals surface area contributed by atoms with Gasteiger partial charge >= 0.3 is 0 Å². The molecular weight excluding hydrogens is 186 g/mol. The molecule has 1 aromatic heterocycles. The third-order valence-electron chi connectivity index (χ3n) is 1.98. The number of nitrogens with zero attached hydrogens (tertiary/aromatic N) is 3. The predicted octanol–water partition coefficient (Wildman–Crippen LogP) is 2.28. The van der Waals surface area contributed by atoms with Crippen LogP contribution >= 0.6 is 11.6 Å². The number of rotatable bonds is 3. The lowest BCUT2D eigenvalue weighted by molar-refractivity contribution is 0.835. The second kappa shape index (κ2) is 4.42. The monoisotopic (exact) mass is 199 g/mol. The fraction of sp³-hybridized carbons (Fsp3) is 0.556. The molecule has 0 fully saturated rings. The van der Waals surface area contributed by atoms with E-state index in [1.807, 2.05) is 6.92 Å². The standard InChI is InChI=1S/C9H14ClN3/c1-4-13(5-2)8-7(3)6-11-9(10)12-8/h6H,4-5H2,1-3H3. The first kappa shape index (κ1) is 10.3. The molecule has 4 heteroatoms. The summed E-state index contributed by atoms with van der Waals surface area (Å²) < 4.78 is 0. The molecule has 0 spiro atoms. The third kappa shape index (κ3) is 2.31. The van der Waals surface area contributed by atoms with Gasteiger partial charge in [-0.2, -0.15) is 0 Å². The average molecular weight is 200 g/mol. The largest absolute Gasteiger partial charge is 0.357 e. The van der Waals surface area contributed by atoms with Gasteiger partial charge in [-0.1, -0.05) is 0 Å². The summed E-state index contributed by atoms with van der Waals surface area (Å²) in [6.07, 6.45) is 1.75. The average Bonchev–Trinajstić information content (AvgIpc) is 2.13. The highest BCUT2D eigenvalue weighted by atomic mass is 35.5. The van der Waals surface area contributed by atoms with E-state index in [-0.39, 0.29) is 0 Å². The van der Waals surface area contributed by atoms with Gasteiger partial charge in [-0.15, -0.1) is 0 Å². The Morgan fingerprint density at radius 1 is 1.38 bits per heavy atom. The quantitative estimate of drug-likeness (QED) is 0.700. The van der Waals surface area contributed by atoms with Crippen molar-refractivity contribution in [3.63, 3.8) is 0 Å². The van der Waals surface area contributed by atoms with E-state index in [0.29, 0.717) is 5.28 Å². The highest BCUT2D eigenvalue weighted by Gasteiger charge is 2.07. The van der Waals surface area contributed by atoms with E-state index in [0.717, 1.165) is 24.5 Å². The van der Waals surface area contributed by atoms with E-state index in [2.05, 4.69) is 28.7 Å². The van der Waals surface area contributed by atoms with Crippen LogP contribution in [0.5, 0.6) is 0 Å².